The minimum atomic E-state index is -0.353. The predicted octanol–water partition coefficient (Wildman–Crippen LogP) is 3.56. The maximum absolute atomic E-state index is 12.7. The van der Waals surface area contributed by atoms with Gasteiger partial charge in [-0.25, -0.2) is 0 Å². The Hall–Kier alpha value is -2.24. The third-order valence-corrected chi connectivity index (χ3v) is 6.35. The summed E-state index contributed by atoms with van der Waals surface area (Å²) >= 11 is 0. The summed E-state index contributed by atoms with van der Waals surface area (Å²) in [6.07, 6.45) is 4.92. The van der Waals surface area contributed by atoms with Gasteiger partial charge in [-0.15, -0.1) is 0 Å². The molecular formula is C22H33N3O3. The maximum atomic E-state index is 12.7. The van der Waals surface area contributed by atoms with Crippen LogP contribution in [0.2, 0.25) is 0 Å². The van der Waals surface area contributed by atoms with Crippen molar-refractivity contribution in [1.82, 2.24) is 5.32 Å². The van der Waals surface area contributed by atoms with Crippen LogP contribution in [-0.2, 0) is 9.59 Å². The molecule has 28 heavy (non-hydrogen) atoms. The Kier molecular flexibility index (Phi) is 6.47. The number of benzene rings is 1. The summed E-state index contributed by atoms with van der Waals surface area (Å²) in [5.74, 6) is 1.93. The molecule has 6 heteroatoms. The van der Waals surface area contributed by atoms with Crippen molar-refractivity contribution in [3.05, 3.63) is 18.2 Å². The summed E-state index contributed by atoms with van der Waals surface area (Å²) in [6.45, 7) is 7.09. The fraction of sp³-hybridized carbons (Fsp3) is 0.636. The van der Waals surface area contributed by atoms with E-state index in [0.717, 1.165) is 30.8 Å². The Morgan fingerprint density at radius 2 is 2.04 bits per heavy atom. The summed E-state index contributed by atoms with van der Waals surface area (Å²) in [4.78, 5) is 26.5. The van der Waals surface area contributed by atoms with Crippen LogP contribution >= 0.6 is 0 Å². The minimum Gasteiger partial charge on any atom is -0.494 e. The topological polar surface area (TPSA) is 70.7 Å². The molecule has 1 aliphatic carbocycles. The van der Waals surface area contributed by atoms with Crippen molar-refractivity contribution in [3.8, 4) is 5.75 Å². The zero-order valence-corrected chi connectivity index (χ0v) is 17.5. The van der Waals surface area contributed by atoms with Crippen molar-refractivity contribution in [2.75, 3.05) is 23.9 Å². The lowest BCUT2D eigenvalue weighted by atomic mass is 9.78. The lowest BCUT2D eigenvalue weighted by Gasteiger charge is -2.35. The molecule has 1 saturated carbocycles. The largest absolute Gasteiger partial charge is 0.494 e. The number of methoxy groups -OCH3 is 1. The average molecular weight is 388 g/mol. The van der Waals surface area contributed by atoms with Crippen molar-refractivity contribution in [3.63, 3.8) is 0 Å². The first kappa shape index (κ1) is 20.5. The van der Waals surface area contributed by atoms with Gasteiger partial charge in [-0.2, -0.15) is 0 Å². The van der Waals surface area contributed by atoms with Crippen LogP contribution in [0.5, 0.6) is 5.75 Å². The molecule has 154 valence electrons. The Bertz CT molecular complexity index is 721. The van der Waals surface area contributed by atoms with Crippen LogP contribution in [0, 0.1) is 11.8 Å². The normalized spacial score (nSPS) is 26.1. The molecule has 0 unspecified atom stereocenters. The van der Waals surface area contributed by atoms with Crippen molar-refractivity contribution < 1.29 is 14.3 Å². The number of nitrogens with one attached hydrogen (secondary N) is 2. The van der Waals surface area contributed by atoms with E-state index in [1.165, 1.54) is 12.8 Å². The molecule has 2 amide bonds. The van der Waals surface area contributed by atoms with Gasteiger partial charge in [-0.1, -0.05) is 26.7 Å². The van der Waals surface area contributed by atoms with Crippen LogP contribution in [-0.4, -0.2) is 37.6 Å². The molecule has 4 atom stereocenters. The van der Waals surface area contributed by atoms with Gasteiger partial charge in [0, 0.05) is 30.8 Å². The third kappa shape index (κ3) is 4.42. The van der Waals surface area contributed by atoms with Crippen LogP contribution in [0.3, 0.4) is 0 Å². The average Bonchev–Trinajstić information content (AvgIpc) is 3.11. The lowest BCUT2D eigenvalue weighted by Crippen LogP contribution is -2.48. The fourth-order valence-corrected chi connectivity index (χ4v) is 4.30. The van der Waals surface area contributed by atoms with Gasteiger partial charge in [0.05, 0.1) is 12.8 Å². The SMILES string of the molecule is COc1cc(N[C@H](C)C(=O)N[C@@H]2CCC[C@H](C)[C@@H]2C)ccc1N1CCCC1=O. The van der Waals surface area contributed by atoms with Crippen molar-refractivity contribution in [2.24, 2.45) is 11.8 Å². The first-order valence-corrected chi connectivity index (χ1v) is 10.5. The molecule has 2 N–H and O–H groups in total. The van der Waals surface area contributed by atoms with Crippen LogP contribution in [0.25, 0.3) is 0 Å². The second-order valence-corrected chi connectivity index (χ2v) is 8.28. The van der Waals surface area contributed by atoms with Crippen molar-refractivity contribution in [2.45, 2.75) is 65.0 Å². The highest BCUT2D eigenvalue weighted by Gasteiger charge is 2.29. The van der Waals surface area contributed by atoms with E-state index in [9.17, 15) is 9.59 Å². The van der Waals surface area contributed by atoms with Crippen LogP contribution < -0.4 is 20.3 Å². The second-order valence-electron chi connectivity index (χ2n) is 8.28. The van der Waals surface area contributed by atoms with Crippen molar-refractivity contribution in [1.29, 1.82) is 0 Å². The van der Waals surface area contributed by atoms with Gasteiger partial charge < -0.3 is 20.3 Å². The monoisotopic (exact) mass is 387 g/mol. The number of ether oxygens (including phenoxy) is 1. The Balaban J connectivity index is 1.64. The summed E-state index contributed by atoms with van der Waals surface area (Å²) < 4.78 is 5.50. The van der Waals surface area contributed by atoms with Gasteiger partial charge in [0.2, 0.25) is 11.8 Å². The molecule has 1 aromatic rings. The van der Waals surface area contributed by atoms with Crippen molar-refractivity contribution >= 4 is 23.2 Å². The molecule has 1 heterocycles. The molecular weight excluding hydrogens is 354 g/mol. The Morgan fingerprint density at radius 1 is 1.25 bits per heavy atom. The number of hydrogen-bond acceptors (Lipinski definition) is 4. The van der Waals surface area contributed by atoms with Gasteiger partial charge in [-0.05, 0) is 43.7 Å². The smallest absolute Gasteiger partial charge is 0.242 e. The summed E-state index contributed by atoms with van der Waals surface area (Å²) in [7, 11) is 1.60. The van der Waals surface area contributed by atoms with E-state index in [0.29, 0.717) is 24.0 Å². The molecule has 1 saturated heterocycles. The third-order valence-electron chi connectivity index (χ3n) is 6.35. The molecule has 1 aromatic carbocycles. The van der Waals surface area contributed by atoms with Gasteiger partial charge >= 0.3 is 0 Å². The first-order valence-electron chi connectivity index (χ1n) is 10.5. The fourth-order valence-electron chi connectivity index (χ4n) is 4.30. The molecule has 0 aromatic heterocycles. The van der Waals surface area contributed by atoms with E-state index < -0.39 is 0 Å². The van der Waals surface area contributed by atoms with E-state index in [4.69, 9.17) is 4.74 Å². The van der Waals surface area contributed by atoms with E-state index in [2.05, 4.69) is 24.5 Å². The highest BCUT2D eigenvalue weighted by Crippen LogP contribution is 2.34. The number of amides is 2. The van der Waals surface area contributed by atoms with Gasteiger partial charge in [0.25, 0.3) is 0 Å². The van der Waals surface area contributed by atoms with E-state index in [1.807, 2.05) is 25.1 Å². The lowest BCUT2D eigenvalue weighted by molar-refractivity contribution is -0.123. The summed E-state index contributed by atoms with van der Waals surface area (Å²) in [5.41, 5.74) is 1.60. The van der Waals surface area contributed by atoms with Gasteiger partial charge in [-0.3, -0.25) is 9.59 Å². The molecule has 2 fully saturated rings. The molecule has 6 nitrogen and oxygen atoms in total. The number of carbonyl (C=O) groups excluding carboxylic acids is 2. The first-order chi connectivity index (χ1) is 13.4. The van der Waals surface area contributed by atoms with Gasteiger partial charge in [0.15, 0.2) is 0 Å². The standard InChI is InChI=1S/C22H33N3O3/c1-14-7-5-8-18(15(14)2)24-22(27)16(3)23-17-10-11-19(20(13-17)28-4)25-12-6-9-21(25)26/h10-11,13-16,18,23H,5-9,12H2,1-4H3,(H,24,27)/t14-,15-,16+,18+/m0/s1. The summed E-state index contributed by atoms with van der Waals surface area (Å²) in [6, 6.07) is 5.54. The molecule has 0 bridgehead atoms. The Labute approximate surface area is 168 Å². The molecule has 2 aliphatic rings. The zero-order valence-electron chi connectivity index (χ0n) is 17.5. The minimum absolute atomic E-state index is 0.0173. The van der Waals surface area contributed by atoms with Crippen LogP contribution in [0.1, 0.15) is 52.9 Å². The highest BCUT2D eigenvalue weighted by molar-refractivity contribution is 5.97. The highest BCUT2D eigenvalue weighted by atomic mass is 16.5. The van der Waals surface area contributed by atoms with Crippen LogP contribution in [0.4, 0.5) is 11.4 Å². The van der Waals surface area contributed by atoms with Gasteiger partial charge in [0.1, 0.15) is 11.8 Å². The quantitative estimate of drug-likeness (QED) is 0.783. The van der Waals surface area contributed by atoms with E-state index >= 15 is 0 Å². The zero-order chi connectivity index (χ0) is 20.3. The number of rotatable bonds is 6. The van der Waals surface area contributed by atoms with E-state index in [1.54, 1.807) is 12.0 Å². The second kappa shape index (κ2) is 8.84. The number of nitrogens with zero attached hydrogens (tertiary/aromatic N) is 1. The number of anilines is 2. The number of carbonyl (C=O) groups is 2. The van der Waals surface area contributed by atoms with E-state index in [-0.39, 0.29) is 23.9 Å². The molecule has 0 radical (unpaired) electrons. The maximum Gasteiger partial charge on any atom is 0.242 e. The van der Waals surface area contributed by atoms with Crippen LogP contribution in [0.15, 0.2) is 18.2 Å². The predicted molar refractivity (Wildman–Crippen MR) is 112 cm³/mol. The molecule has 0 spiro atoms. The number of hydrogen-bond donors (Lipinski definition) is 2. The summed E-state index contributed by atoms with van der Waals surface area (Å²) in [5, 5.41) is 6.49. The molecule has 1 aliphatic heterocycles. The Morgan fingerprint density at radius 3 is 2.71 bits per heavy atom. The molecule has 3 rings (SSSR count).